The van der Waals surface area contributed by atoms with Crippen molar-refractivity contribution >= 4 is 0 Å². The van der Waals surface area contributed by atoms with Gasteiger partial charge in [-0.1, -0.05) is 6.07 Å². The van der Waals surface area contributed by atoms with E-state index in [1.807, 2.05) is 6.92 Å². The van der Waals surface area contributed by atoms with Crippen LogP contribution in [0.3, 0.4) is 0 Å². The minimum absolute atomic E-state index is 0.0575. The van der Waals surface area contributed by atoms with Gasteiger partial charge in [0.15, 0.2) is 0 Å². The first-order valence-electron chi connectivity index (χ1n) is 5.61. The summed E-state index contributed by atoms with van der Waals surface area (Å²) >= 11 is 0. The summed E-state index contributed by atoms with van der Waals surface area (Å²) in [7, 11) is 0. The third-order valence-electron chi connectivity index (χ3n) is 2.69. The SMILES string of the molecule is CCn1ncnc1CC(O)c1ccc(F)cc1F. The molecule has 6 heteroatoms. The minimum Gasteiger partial charge on any atom is -0.388 e. The molecule has 1 heterocycles. The summed E-state index contributed by atoms with van der Waals surface area (Å²) in [6.07, 6.45) is 0.447. The molecule has 0 aliphatic carbocycles. The summed E-state index contributed by atoms with van der Waals surface area (Å²) in [6, 6.07) is 3.11. The van der Waals surface area contributed by atoms with Crippen molar-refractivity contribution in [1.29, 1.82) is 0 Å². The lowest BCUT2D eigenvalue weighted by atomic mass is 10.1. The molecule has 0 spiro atoms. The Bertz CT molecular complexity index is 542. The van der Waals surface area contributed by atoms with E-state index in [0.717, 1.165) is 12.1 Å². The molecule has 0 saturated carbocycles. The number of nitrogens with zero attached hydrogens (tertiary/aromatic N) is 3. The van der Waals surface area contributed by atoms with E-state index in [9.17, 15) is 13.9 Å². The van der Waals surface area contributed by atoms with Crippen LogP contribution in [0.15, 0.2) is 24.5 Å². The second kappa shape index (κ2) is 5.22. The molecule has 0 aliphatic rings. The number of benzene rings is 1. The van der Waals surface area contributed by atoms with Crippen LogP contribution < -0.4 is 0 Å². The van der Waals surface area contributed by atoms with Gasteiger partial charge in [-0.05, 0) is 13.0 Å². The van der Waals surface area contributed by atoms with Crippen molar-refractivity contribution in [3.8, 4) is 0 Å². The molecule has 2 rings (SSSR count). The highest BCUT2D eigenvalue weighted by atomic mass is 19.1. The van der Waals surface area contributed by atoms with Gasteiger partial charge in [-0.3, -0.25) is 4.68 Å². The fraction of sp³-hybridized carbons (Fsp3) is 0.333. The number of aliphatic hydroxyl groups is 1. The predicted molar refractivity (Wildman–Crippen MR) is 60.7 cm³/mol. The number of aliphatic hydroxyl groups excluding tert-OH is 1. The molecule has 0 amide bonds. The first-order chi connectivity index (χ1) is 8.61. The first-order valence-corrected chi connectivity index (χ1v) is 5.61. The Balaban J connectivity index is 2.19. The highest BCUT2D eigenvalue weighted by Crippen LogP contribution is 2.21. The first kappa shape index (κ1) is 12.6. The molecule has 0 bridgehead atoms. The maximum Gasteiger partial charge on any atom is 0.138 e. The van der Waals surface area contributed by atoms with Crippen molar-refractivity contribution in [1.82, 2.24) is 14.8 Å². The molecule has 1 N–H and O–H groups in total. The zero-order valence-electron chi connectivity index (χ0n) is 9.85. The minimum atomic E-state index is -1.07. The lowest BCUT2D eigenvalue weighted by Gasteiger charge is -2.11. The molecule has 1 unspecified atom stereocenters. The average Bonchev–Trinajstić information content (AvgIpc) is 2.76. The number of hydrogen-bond donors (Lipinski definition) is 1. The monoisotopic (exact) mass is 253 g/mol. The molecule has 18 heavy (non-hydrogen) atoms. The van der Waals surface area contributed by atoms with Crippen molar-refractivity contribution in [2.45, 2.75) is 26.0 Å². The van der Waals surface area contributed by atoms with Gasteiger partial charge >= 0.3 is 0 Å². The van der Waals surface area contributed by atoms with E-state index in [4.69, 9.17) is 0 Å². The second-order valence-corrected chi connectivity index (χ2v) is 3.88. The number of rotatable bonds is 4. The van der Waals surface area contributed by atoms with Crippen LogP contribution in [-0.4, -0.2) is 19.9 Å². The van der Waals surface area contributed by atoms with Crippen LogP contribution in [0.4, 0.5) is 8.78 Å². The summed E-state index contributed by atoms with van der Waals surface area (Å²) in [4.78, 5) is 4.00. The third-order valence-corrected chi connectivity index (χ3v) is 2.69. The largest absolute Gasteiger partial charge is 0.388 e. The number of hydrogen-bond acceptors (Lipinski definition) is 3. The predicted octanol–water partition coefficient (Wildman–Crippen LogP) is 1.85. The summed E-state index contributed by atoms with van der Waals surface area (Å²) in [5, 5.41) is 13.9. The fourth-order valence-electron chi connectivity index (χ4n) is 1.76. The quantitative estimate of drug-likeness (QED) is 0.904. The van der Waals surface area contributed by atoms with Crippen LogP contribution >= 0.6 is 0 Å². The van der Waals surface area contributed by atoms with Crippen LogP contribution in [0, 0.1) is 11.6 Å². The Morgan fingerprint density at radius 2 is 2.17 bits per heavy atom. The third kappa shape index (κ3) is 2.53. The maximum absolute atomic E-state index is 13.5. The van der Waals surface area contributed by atoms with Crippen molar-refractivity contribution in [2.24, 2.45) is 0 Å². The maximum atomic E-state index is 13.5. The molecule has 0 aliphatic heterocycles. The zero-order valence-corrected chi connectivity index (χ0v) is 9.85. The summed E-state index contributed by atoms with van der Waals surface area (Å²) < 4.78 is 27.8. The summed E-state index contributed by atoms with van der Waals surface area (Å²) in [6.45, 7) is 2.51. The van der Waals surface area contributed by atoms with Gasteiger partial charge in [-0.25, -0.2) is 13.8 Å². The molecule has 1 atom stereocenters. The molecule has 0 saturated heterocycles. The topological polar surface area (TPSA) is 50.9 Å². The van der Waals surface area contributed by atoms with E-state index in [1.54, 1.807) is 4.68 Å². The van der Waals surface area contributed by atoms with Gasteiger partial charge in [-0.15, -0.1) is 0 Å². The van der Waals surface area contributed by atoms with Crippen molar-refractivity contribution in [3.05, 3.63) is 47.5 Å². The van der Waals surface area contributed by atoms with E-state index < -0.39 is 17.7 Å². The molecule has 96 valence electrons. The Hall–Kier alpha value is -1.82. The van der Waals surface area contributed by atoms with E-state index in [0.29, 0.717) is 12.4 Å². The van der Waals surface area contributed by atoms with E-state index in [-0.39, 0.29) is 12.0 Å². The average molecular weight is 253 g/mol. The van der Waals surface area contributed by atoms with Crippen molar-refractivity contribution < 1.29 is 13.9 Å². The van der Waals surface area contributed by atoms with E-state index in [1.165, 1.54) is 12.4 Å². The second-order valence-electron chi connectivity index (χ2n) is 3.88. The normalized spacial score (nSPS) is 12.7. The van der Waals surface area contributed by atoms with Gasteiger partial charge in [0.1, 0.15) is 23.8 Å². The molecule has 1 aromatic heterocycles. The molecule has 4 nitrogen and oxygen atoms in total. The van der Waals surface area contributed by atoms with E-state index in [2.05, 4.69) is 10.1 Å². The zero-order chi connectivity index (χ0) is 13.1. The Morgan fingerprint density at radius 1 is 1.39 bits per heavy atom. The van der Waals surface area contributed by atoms with Gasteiger partial charge in [-0.2, -0.15) is 5.10 Å². The molecular formula is C12H13F2N3O. The van der Waals surface area contributed by atoms with Crippen molar-refractivity contribution in [2.75, 3.05) is 0 Å². The smallest absolute Gasteiger partial charge is 0.138 e. The Kier molecular flexibility index (Phi) is 3.66. The molecular weight excluding hydrogens is 240 g/mol. The Morgan fingerprint density at radius 3 is 2.83 bits per heavy atom. The van der Waals surface area contributed by atoms with E-state index >= 15 is 0 Å². The molecule has 2 aromatic rings. The summed E-state index contributed by atoms with van der Waals surface area (Å²) in [5.74, 6) is -0.862. The van der Waals surface area contributed by atoms with Crippen LogP contribution in [0.2, 0.25) is 0 Å². The van der Waals surface area contributed by atoms with Crippen LogP contribution in [0.1, 0.15) is 24.4 Å². The molecule has 1 aromatic carbocycles. The van der Waals surface area contributed by atoms with Gasteiger partial charge < -0.3 is 5.11 Å². The molecule has 0 fully saturated rings. The molecule has 0 radical (unpaired) electrons. The fourth-order valence-corrected chi connectivity index (χ4v) is 1.76. The van der Waals surface area contributed by atoms with Crippen LogP contribution in [0.5, 0.6) is 0 Å². The van der Waals surface area contributed by atoms with Crippen LogP contribution in [-0.2, 0) is 13.0 Å². The lowest BCUT2D eigenvalue weighted by molar-refractivity contribution is 0.169. The van der Waals surface area contributed by atoms with Gasteiger partial charge in [0, 0.05) is 24.6 Å². The number of halogens is 2. The van der Waals surface area contributed by atoms with Crippen LogP contribution in [0.25, 0.3) is 0 Å². The van der Waals surface area contributed by atoms with Gasteiger partial charge in [0.25, 0.3) is 0 Å². The standard InChI is InChI=1S/C12H13F2N3O/c1-2-17-12(15-7-16-17)6-11(18)9-4-3-8(13)5-10(9)14/h3-5,7,11,18H,2,6H2,1H3. The van der Waals surface area contributed by atoms with Crippen molar-refractivity contribution in [3.63, 3.8) is 0 Å². The highest BCUT2D eigenvalue weighted by molar-refractivity contribution is 5.21. The van der Waals surface area contributed by atoms with Gasteiger partial charge in [0.05, 0.1) is 6.10 Å². The Labute approximate surface area is 103 Å². The highest BCUT2D eigenvalue weighted by Gasteiger charge is 2.16. The van der Waals surface area contributed by atoms with Gasteiger partial charge in [0.2, 0.25) is 0 Å². The number of aryl methyl sites for hydroxylation is 1. The number of aromatic nitrogens is 3. The lowest BCUT2D eigenvalue weighted by Crippen LogP contribution is -2.10. The summed E-state index contributed by atoms with van der Waals surface area (Å²) in [5.41, 5.74) is 0.0575.